The fourth-order valence-corrected chi connectivity index (χ4v) is 5.86. The minimum atomic E-state index is -3.12. The van der Waals surface area contributed by atoms with Crippen molar-refractivity contribution in [3.63, 3.8) is 0 Å². The number of halogens is 3. The van der Waals surface area contributed by atoms with Gasteiger partial charge in [0, 0.05) is 37.6 Å². The van der Waals surface area contributed by atoms with Crippen LogP contribution in [0.5, 0.6) is 5.75 Å². The number of amides is 1. The third-order valence-corrected chi connectivity index (χ3v) is 8.17. The average molecular weight is 574 g/mol. The molecule has 212 valence electrons. The predicted molar refractivity (Wildman–Crippen MR) is 149 cm³/mol. The van der Waals surface area contributed by atoms with Crippen LogP contribution in [0.3, 0.4) is 0 Å². The summed E-state index contributed by atoms with van der Waals surface area (Å²) in [6.07, 6.45) is 5.02. The van der Waals surface area contributed by atoms with Crippen molar-refractivity contribution in [2.75, 3.05) is 35.2 Å². The second-order valence-corrected chi connectivity index (χ2v) is 11.3. The van der Waals surface area contributed by atoms with E-state index < -0.39 is 24.1 Å². The summed E-state index contributed by atoms with van der Waals surface area (Å²) in [5.74, 6) is -2.78. The molecule has 2 aromatic heterocycles. The van der Waals surface area contributed by atoms with Gasteiger partial charge in [0.15, 0.2) is 12.4 Å². The zero-order valence-electron chi connectivity index (χ0n) is 21.9. The minimum Gasteiger partial charge on any atom is -0.480 e. The van der Waals surface area contributed by atoms with Crippen molar-refractivity contribution >= 4 is 51.6 Å². The maximum Gasteiger partial charge on any atom is 0.301 e. The lowest BCUT2D eigenvalue weighted by atomic mass is 9.95. The summed E-state index contributed by atoms with van der Waals surface area (Å²) in [5, 5.41) is 7.06. The van der Waals surface area contributed by atoms with E-state index in [1.165, 1.54) is 10.8 Å². The number of ether oxygens (including phenoxy) is 1. The second-order valence-electron chi connectivity index (χ2n) is 10.9. The highest BCUT2D eigenvalue weighted by Gasteiger charge is 2.51. The Morgan fingerprint density at radius 3 is 2.88 bits per heavy atom. The minimum absolute atomic E-state index is 0.118. The number of piperidine rings is 1. The summed E-state index contributed by atoms with van der Waals surface area (Å²) in [6.45, 7) is 0.493. The van der Waals surface area contributed by atoms with Gasteiger partial charge in [-0.2, -0.15) is 4.98 Å². The Balaban J connectivity index is 1.34. The summed E-state index contributed by atoms with van der Waals surface area (Å²) in [6, 6.07) is 4.15. The molecule has 1 aliphatic carbocycles. The molecule has 2 fully saturated rings. The van der Waals surface area contributed by atoms with Crippen LogP contribution in [0.4, 0.5) is 31.9 Å². The molecular weight excluding hydrogens is 544 g/mol. The Morgan fingerprint density at radius 1 is 1.32 bits per heavy atom. The molecule has 1 amide bonds. The maximum atomic E-state index is 14.9. The molecule has 6 rings (SSSR count). The SMILES string of the molecule is Cn1c(=O)c2c(c3cc(Nc4nc(N5CCCC(CC(N)=O)C5)ncc4Cl)ccc31)NC(C1CC1)C(F)(F)CO2. The van der Waals surface area contributed by atoms with Gasteiger partial charge in [-0.25, -0.2) is 13.8 Å². The summed E-state index contributed by atoms with van der Waals surface area (Å²) in [7, 11) is 1.58. The topological polar surface area (TPSA) is 127 Å². The fraction of sp³-hybridized carbons (Fsp3) is 0.481. The Bertz CT molecular complexity index is 1540. The van der Waals surface area contributed by atoms with Crippen molar-refractivity contribution < 1.29 is 18.3 Å². The molecule has 2 atom stereocenters. The molecule has 1 aromatic carbocycles. The van der Waals surface area contributed by atoms with E-state index in [0.29, 0.717) is 59.2 Å². The predicted octanol–water partition coefficient (Wildman–Crippen LogP) is 4.04. The number of nitrogens with two attached hydrogens (primary N) is 1. The first-order valence-electron chi connectivity index (χ1n) is 13.4. The molecule has 0 spiro atoms. The van der Waals surface area contributed by atoms with Crippen LogP contribution < -0.4 is 31.6 Å². The van der Waals surface area contributed by atoms with Crippen LogP contribution >= 0.6 is 11.6 Å². The Morgan fingerprint density at radius 2 is 2.12 bits per heavy atom. The number of benzene rings is 1. The van der Waals surface area contributed by atoms with E-state index in [1.54, 1.807) is 25.2 Å². The van der Waals surface area contributed by atoms with Crippen molar-refractivity contribution in [2.45, 2.75) is 44.1 Å². The van der Waals surface area contributed by atoms with Gasteiger partial charge in [-0.15, -0.1) is 0 Å². The number of nitrogens with zero attached hydrogens (tertiary/aromatic N) is 4. The third-order valence-electron chi connectivity index (χ3n) is 7.90. The van der Waals surface area contributed by atoms with Gasteiger partial charge in [0.2, 0.25) is 17.6 Å². The van der Waals surface area contributed by atoms with E-state index in [-0.39, 0.29) is 29.2 Å². The Hall–Kier alpha value is -3.67. The lowest BCUT2D eigenvalue weighted by molar-refractivity contribution is -0.119. The first kappa shape index (κ1) is 26.5. The van der Waals surface area contributed by atoms with E-state index in [0.717, 1.165) is 19.4 Å². The molecule has 3 aromatic rings. The van der Waals surface area contributed by atoms with Crippen molar-refractivity contribution in [3.05, 3.63) is 39.8 Å². The number of aromatic nitrogens is 3. The van der Waals surface area contributed by atoms with Gasteiger partial charge < -0.3 is 30.6 Å². The first-order valence-corrected chi connectivity index (χ1v) is 13.7. The zero-order chi connectivity index (χ0) is 28.2. The smallest absolute Gasteiger partial charge is 0.301 e. The first-order chi connectivity index (χ1) is 19.1. The van der Waals surface area contributed by atoms with Gasteiger partial charge in [0.25, 0.3) is 5.56 Å². The number of carbonyl (C=O) groups is 1. The molecule has 1 saturated heterocycles. The number of pyridine rings is 1. The highest BCUT2D eigenvalue weighted by molar-refractivity contribution is 6.33. The van der Waals surface area contributed by atoms with Crippen molar-refractivity contribution in [1.29, 1.82) is 0 Å². The van der Waals surface area contributed by atoms with Crippen LogP contribution in [-0.4, -0.2) is 52.1 Å². The van der Waals surface area contributed by atoms with E-state index in [1.807, 2.05) is 4.90 Å². The summed E-state index contributed by atoms with van der Waals surface area (Å²) >= 11 is 6.45. The number of carbonyl (C=O) groups excluding carboxylic acids is 1. The quantitative estimate of drug-likeness (QED) is 0.403. The Kier molecular flexibility index (Phi) is 6.68. The van der Waals surface area contributed by atoms with Crippen LogP contribution in [0.2, 0.25) is 5.02 Å². The number of anilines is 4. The van der Waals surface area contributed by atoms with Gasteiger partial charge in [-0.3, -0.25) is 9.59 Å². The lowest BCUT2D eigenvalue weighted by Crippen LogP contribution is -2.44. The molecule has 2 aliphatic heterocycles. The number of nitrogens with one attached hydrogen (secondary N) is 2. The molecular formula is C27H30ClF2N7O3. The average Bonchev–Trinajstić information content (AvgIpc) is 3.76. The van der Waals surface area contributed by atoms with Gasteiger partial charge in [-0.1, -0.05) is 11.6 Å². The number of rotatable bonds is 6. The standard InChI is InChI=1S/C27H30ClF2N7O3/c1-36-19-7-6-16(10-17(19)21-22(25(36)39)40-13-27(29,30)23(34-21)15-4-5-15)33-24-18(28)11-32-26(35-24)37-8-2-3-14(12-37)9-20(31)38/h6-7,10-11,14-15,23,34H,2-5,8-9,12-13H2,1H3,(H2,31,38)(H,32,33,35). The van der Waals surface area contributed by atoms with Crippen molar-refractivity contribution in [3.8, 4) is 5.75 Å². The zero-order valence-corrected chi connectivity index (χ0v) is 22.7. The molecule has 3 aliphatic rings. The van der Waals surface area contributed by atoms with E-state index >= 15 is 0 Å². The molecule has 40 heavy (non-hydrogen) atoms. The van der Waals surface area contributed by atoms with Gasteiger partial charge in [-0.05, 0) is 55.7 Å². The second kappa shape index (κ2) is 10.1. The lowest BCUT2D eigenvalue weighted by Gasteiger charge is -2.32. The molecule has 10 nitrogen and oxygen atoms in total. The summed E-state index contributed by atoms with van der Waals surface area (Å²) in [5.41, 5.74) is 6.33. The van der Waals surface area contributed by atoms with Crippen molar-refractivity contribution in [1.82, 2.24) is 14.5 Å². The van der Waals surface area contributed by atoms with Crippen LogP contribution in [-0.2, 0) is 11.8 Å². The maximum absolute atomic E-state index is 14.9. The van der Waals surface area contributed by atoms with Crippen LogP contribution in [0.25, 0.3) is 10.9 Å². The van der Waals surface area contributed by atoms with Crippen LogP contribution in [0.15, 0.2) is 29.2 Å². The highest BCUT2D eigenvalue weighted by atomic mass is 35.5. The third kappa shape index (κ3) is 5.00. The largest absolute Gasteiger partial charge is 0.480 e. The van der Waals surface area contributed by atoms with E-state index in [2.05, 4.69) is 20.6 Å². The monoisotopic (exact) mass is 573 g/mol. The van der Waals surface area contributed by atoms with Gasteiger partial charge in [0.1, 0.15) is 5.02 Å². The molecule has 13 heteroatoms. The molecule has 0 radical (unpaired) electrons. The number of hydrogen-bond donors (Lipinski definition) is 3. The van der Waals surface area contributed by atoms with E-state index in [4.69, 9.17) is 22.1 Å². The molecule has 4 N–H and O–H groups in total. The Labute approximate surface area is 233 Å². The molecule has 1 saturated carbocycles. The van der Waals surface area contributed by atoms with Crippen LogP contribution in [0.1, 0.15) is 32.1 Å². The molecule has 0 bridgehead atoms. The fourth-order valence-electron chi connectivity index (χ4n) is 5.72. The normalized spacial score (nSPS) is 22.1. The van der Waals surface area contributed by atoms with Gasteiger partial charge >= 0.3 is 5.92 Å². The highest BCUT2D eigenvalue weighted by Crippen LogP contribution is 2.45. The van der Waals surface area contributed by atoms with Gasteiger partial charge in [0.05, 0.1) is 23.4 Å². The van der Waals surface area contributed by atoms with Crippen LogP contribution in [0, 0.1) is 11.8 Å². The summed E-state index contributed by atoms with van der Waals surface area (Å²) < 4.78 is 36.7. The number of alkyl halides is 2. The number of hydrogen-bond acceptors (Lipinski definition) is 8. The van der Waals surface area contributed by atoms with E-state index in [9.17, 15) is 18.4 Å². The number of aryl methyl sites for hydroxylation is 1. The van der Waals surface area contributed by atoms with Crippen molar-refractivity contribution in [2.24, 2.45) is 24.6 Å². The molecule has 2 unspecified atom stereocenters. The molecule has 4 heterocycles. The number of fused-ring (bicyclic) bond motifs is 3. The number of primary amides is 1. The summed E-state index contributed by atoms with van der Waals surface area (Å²) in [4.78, 5) is 35.5.